The van der Waals surface area contributed by atoms with E-state index >= 15 is 0 Å². The number of ether oxygens (including phenoxy) is 1. The number of rotatable bonds is 7. The van der Waals surface area contributed by atoms with E-state index in [9.17, 15) is 9.59 Å². The molecule has 7 nitrogen and oxygen atoms in total. The first kappa shape index (κ1) is 18.6. The zero-order valence-electron chi connectivity index (χ0n) is 14.8. The molecule has 1 saturated carbocycles. The number of aryl methyl sites for hydroxylation is 1. The molecule has 26 heavy (non-hydrogen) atoms. The molecule has 0 saturated heterocycles. The van der Waals surface area contributed by atoms with Gasteiger partial charge in [0.1, 0.15) is 0 Å². The number of carbonyl (C=O) groups excluding carboxylic acids is 2. The fourth-order valence-electron chi connectivity index (χ4n) is 3.07. The van der Waals surface area contributed by atoms with Gasteiger partial charge >= 0.3 is 5.97 Å². The number of nitrogens with zero attached hydrogens (tertiary/aromatic N) is 2. The van der Waals surface area contributed by atoms with E-state index in [2.05, 4.69) is 22.4 Å². The molecule has 3 rings (SSSR count). The van der Waals surface area contributed by atoms with Crippen molar-refractivity contribution in [2.75, 3.05) is 6.61 Å². The van der Waals surface area contributed by atoms with Crippen molar-refractivity contribution in [2.45, 2.75) is 51.5 Å². The van der Waals surface area contributed by atoms with Gasteiger partial charge in [0.05, 0.1) is 6.42 Å². The van der Waals surface area contributed by atoms with Crippen molar-refractivity contribution in [3.05, 3.63) is 22.7 Å². The highest BCUT2D eigenvalue weighted by Gasteiger charge is 2.23. The molecule has 2 aromatic heterocycles. The Kier molecular flexibility index (Phi) is 6.38. The molecule has 0 radical (unpaired) electrons. The smallest absolute Gasteiger partial charge is 0.306 e. The largest absolute Gasteiger partial charge is 0.456 e. The van der Waals surface area contributed by atoms with Crippen LogP contribution in [0.2, 0.25) is 0 Å². The van der Waals surface area contributed by atoms with Crippen molar-refractivity contribution in [3.8, 4) is 11.4 Å². The minimum absolute atomic E-state index is 0.0956. The number of nitrogens with one attached hydrogen (secondary N) is 1. The highest BCUT2D eigenvalue weighted by atomic mass is 32.1. The maximum absolute atomic E-state index is 11.9. The van der Waals surface area contributed by atoms with Gasteiger partial charge in [-0.1, -0.05) is 24.9 Å². The van der Waals surface area contributed by atoms with E-state index in [4.69, 9.17) is 9.26 Å². The van der Waals surface area contributed by atoms with Crippen molar-refractivity contribution >= 4 is 23.2 Å². The van der Waals surface area contributed by atoms with Crippen LogP contribution in [-0.2, 0) is 20.7 Å². The topological polar surface area (TPSA) is 94.3 Å². The summed E-state index contributed by atoms with van der Waals surface area (Å²) in [7, 11) is 0. The number of hydrogen-bond donors (Lipinski definition) is 1. The second-order valence-corrected chi connectivity index (χ2v) is 7.40. The third kappa shape index (κ3) is 5.14. The standard InChI is InChI=1S/C18H23N3O4S/c1-12-4-2-3-5-14(12)19-15(22)10-24-17(23)7-6-16-20-18(21-25-16)13-8-9-26-11-13/h8-9,11-12,14H,2-7,10H2,1H3,(H,19,22)/t12-,14+/m1/s1. The number of amides is 1. The Balaban J connectivity index is 1.37. The average molecular weight is 377 g/mol. The lowest BCUT2D eigenvalue weighted by atomic mass is 9.86. The maximum atomic E-state index is 11.9. The second-order valence-electron chi connectivity index (χ2n) is 6.62. The van der Waals surface area contributed by atoms with Crippen molar-refractivity contribution in [3.63, 3.8) is 0 Å². The van der Waals surface area contributed by atoms with Crippen molar-refractivity contribution in [2.24, 2.45) is 5.92 Å². The zero-order chi connectivity index (χ0) is 18.4. The molecule has 0 unspecified atom stereocenters. The Morgan fingerprint density at radius 2 is 2.23 bits per heavy atom. The first-order valence-electron chi connectivity index (χ1n) is 8.92. The van der Waals surface area contributed by atoms with Gasteiger partial charge in [-0.3, -0.25) is 9.59 Å². The van der Waals surface area contributed by atoms with Crippen LogP contribution in [0.25, 0.3) is 11.4 Å². The van der Waals surface area contributed by atoms with E-state index in [0.29, 0.717) is 17.6 Å². The van der Waals surface area contributed by atoms with Crippen LogP contribution < -0.4 is 5.32 Å². The molecule has 0 aromatic carbocycles. The zero-order valence-corrected chi connectivity index (χ0v) is 15.6. The van der Waals surface area contributed by atoms with Gasteiger partial charge in [-0.15, -0.1) is 0 Å². The van der Waals surface area contributed by atoms with Crippen LogP contribution in [-0.4, -0.2) is 34.7 Å². The summed E-state index contributed by atoms with van der Waals surface area (Å²) in [5, 5.41) is 10.7. The molecule has 0 bridgehead atoms. The Labute approximate surface area is 156 Å². The summed E-state index contributed by atoms with van der Waals surface area (Å²) in [5.41, 5.74) is 0.890. The molecule has 1 N–H and O–H groups in total. The molecule has 1 amide bonds. The number of carbonyl (C=O) groups is 2. The normalized spacial score (nSPS) is 19.9. The van der Waals surface area contributed by atoms with Gasteiger partial charge in [-0.05, 0) is 30.2 Å². The second kappa shape index (κ2) is 8.93. The van der Waals surface area contributed by atoms with Crippen LogP contribution in [0, 0.1) is 5.92 Å². The Hall–Kier alpha value is -2.22. The molecule has 8 heteroatoms. The highest BCUT2D eigenvalue weighted by Crippen LogP contribution is 2.23. The van der Waals surface area contributed by atoms with E-state index < -0.39 is 5.97 Å². The molecule has 2 aromatic rings. The maximum Gasteiger partial charge on any atom is 0.306 e. The average Bonchev–Trinajstić information content (AvgIpc) is 3.31. The summed E-state index contributed by atoms with van der Waals surface area (Å²) in [6.07, 6.45) is 4.85. The van der Waals surface area contributed by atoms with Gasteiger partial charge in [-0.25, -0.2) is 0 Å². The van der Waals surface area contributed by atoms with E-state index in [1.165, 1.54) is 6.42 Å². The van der Waals surface area contributed by atoms with Crippen LogP contribution in [0.1, 0.15) is 44.9 Å². The predicted molar refractivity (Wildman–Crippen MR) is 96.5 cm³/mol. The lowest BCUT2D eigenvalue weighted by Gasteiger charge is -2.29. The van der Waals surface area contributed by atoms with Crippen LogP contribution in [0.3, 0.4) is 0 Å². The fourth-order valence-corrected chi connectivity index (χ4v) is 3.71. The molecular weight excluding hydrogens is 354 g/mol. The fraction of sp³-hybridized carbons (Fsp3) is 0.556. The Bertz CT molecular complexity index is 729. The summed E-state index contributed by atoms with van der Waals surface area (Å²) < 4.78 is 10.2. The van der Waals surface area contributed by atoms with Gasteiger partial charge in [-0.2, -0.15) is 16.3 Å². The summed E-state index contributed by atoms with van der Waals surface area (Å²) in [6.45, 7) is 1.90. The van der Waals surface area contributed by atoms with Crippen molar-refractivity contribution in [1.29, 1.82) is 0 Å². The minimum Gasteiger partial charge on any atom is -0.456 e. The molecule has 1 aliphatic carbocycles. The number of thiophene rings is 1. The van der Waals surface area contributed by atoms with Crippen molar-refractivity contribution in [1.82, 2.24) is 15.5 Å². The Morgan fingerprint density at radius 1 is 1.38 bits per heavy atom. The first-order valence-corrected chi connectivity index (χ1v) is 9.86. The monoisotopic (exact) mass is 377 g/mol. The van der Waals surface area contributed by atoms with E-state index in [1.54, 1.807) is 11.3 Å². The summed E-state index contributed by atoms with van der Waals surface area (Å²) in [4.78, 5) is 28.0. The lowest BCUT2D eigenvalue weighted by Crippen LogP contribution is -2.42. The van der Waals surface area contributed by atoms with Crippen molar-refractivity contribution < 1.29 is 18.8 Å². The SMILES string of the molecule is C[C@@H]1CCCC[C@@H]1NC(=O)COC(=O)CCc1nc(-c2ccsc2)no1. The third-order valence-corrected chi connectivity index (χ3v) is 5.30. The minimum atomic E-state index is -0.452. The molecule has 0 spiro atoms. The number of aromatic nitrogens is 2. The van der Waals surface area contributed by atoms with Crippen LogP contribution >= 0.6 is 11.3 Å². The van der Waals surface area contributed by atoms with E-state index in [0.717, 1.165) is 24.8 Å². The lowest BCUT2D eigenvalue weighted by molar-refractivity contribution is -0.148. The van der Waals surface area contributed by atoms with Crippen LogP contribution in [0.4, 0.5) is 0 Å². The molecule has 2 atom stereocenters. The van der Waals surface area contributed by atoms with E-state index in [1.807, 2.05) is 16.8 Å². The molecule has 2 heterocycles. The van der Waals surface area contributed by atoms with Gasteiger partial charge < -0.3 is 14.6 Å². The third-order valence-electron chi connectivity index (χ3n) is 4.61. The summed E-state index contributed by atoms with van der Waals surface area (Å²) in [5.74, 6) is 0.666. The molecule has 0 aliphatic heterocycles. The van der Waals surface area contributed by atoms with Gasteiger partial charge in [0.2, 0.25) is 11.7 Å². The quantitative estimate of drug-likeness (QED) is 0.746. The number of hydrogen-bond acceptors (Lipinski definition) is 7. The molecular formula is C18H23N3O4S. The highest BCUT2D eigenvalue weighted by molar-refractivity contribution is 7.08. The molecule has 1 fully saturated rings. The van der Waals surface area contributed by atoms with Gasteiger partial charge in [0, 0.05) is 23.4 Å². The van der Waals surface area contributed by atoms with Crippen LogP contribution in [0.5, 0.6) is 0 Å². The summed E-state index contributed by atoms with van der Waals surface area (Å²) in [6, 6.07) is 2.09. The Morgan fingerprint density at radius 3 is 3.00 bits per heavy atom. The molecule has 1 aliphatic rings. The first-order chi connectivity index (χ1) is 12.6. The number of esters is 1. The summed E-state index contributed by atoms with van der Waals surface area (Å²) >= 11 is 1.55. The van der Waals surface area contributed by atoms with Crippen LogP contribution in [0.15, 0.2) is 21.3 Å². The molecule has 140 valence electrons. The predicted octanol–water partition coefficient (Wildman–Crippen LogP) is 2.97. The van der Waals surface area contributed by atoms with E-state index in [-0.39, 0.29) is 31.4 Å². The van der Waals surface area contributed by atoms with Gasteiger partial charge in [0.25, 0.3) is 5.91 Å². The van der Waals surface area contributed by atoms with Gasteiger partial charge in [0.15, 0.2) is 6.61 Å².